The molecule has 0 aromatic heterocycles. The predicted octanol–water partition coefficient (Wildman–Crippen LogP) is 4.08. The molecule has 0 bridgehead atoms. The molecule has 3 N–H and O–H groups in total. The summed E-state index contributed by atoms with van der Waals surface area (Å²) in [4.78, 5) is 0. The fourth-order valence-electron chi connectivity index (χ4n) is 2.34. The fourth-order valence-corrected chi connectivity index (χ4v) is 2.34. The van der Waals surface area contributed by atoms with Gasteiger partial charge in [0, 0.05) is 6.04 Å². The van der Waals surface area contributed by atoms with Crippen LogP contribution in [-0.2, 0) is 0 Å². The lowest BCUT2D eigenvalue weighted by molar-refractivity contribution is 0.355. The largest absolute Gasteiger partial charge is 0.271 e. The molecule has 1 aromatic carbocycles. The molecule has 2 nitrogen and oxygen atoms in total. The van der Waals surface area contributed by atoms with Crippen LogP contribution in [-0.4, -0.2) is 0 Å². The maximum absolute atomic E-state index is 13.3. The summed E-state index contributed by atoms with van der Waals surface area (Å²) < 4.78 is 26.2. The van der Waals surface area contributed by atoms with E-state index in [1.54, 1.807) is 6.07 Å². The lowest BCUT2D eigenvalue weighted by Crippen LogP contribution is -2.29. The third-order valence-electron chi connectivity index (χ3n) is 3.66. The first-order valence-electron chi connectivity index (χ1n) is 7.03. The monoisotopic (exact) mass is 270 g/mol. The number of halogens is 2. The van der Waals surface area contributed by atoms with Crippen LogP contribution in [0.15, 0.2) is 18.2 Å². The summed E-state index contributed by atoms with van der Waals surface area (Å²) in [5.74, 6) is 4.47. The summed E-state index contributed by atoms with van der Waals surface area (Å²) >= 11 is 0. The Balaban J connectivity index is 2.72. The molecule has 2 unspecified atom stereocenters. The topological polar surface area (TPSA) is 38.0 Å². The molecule has 4 heteroatoms. The number of unbranched alkanes of at least 4 members (excludes halogenated alkanes) is 1. The number of hydrazine groups is 1. The zero-order valence-electron chi connectivity index (χ0n) is 11.8. The fraction of sp³-hybridized carbons (Fsp3) is 0.600. The van der Waals surface area contributed by atoms with Gasteiger partial charge in [0.05, 0.1) is 0 Å². The Morgan fingerprint density at radius 1 is 1.21 bits per heavy atom. The second-order valence-electron chi connectivity index (χ2n) is 5.05. The Hall–Kier alpha value is -1.00. The summed E-state index contributed by atoms with van der Waals surface area (Å²) in [6, 6.07) is 3.85. The highest BCUT2D eigenvalue weighted by Crippen LogP contribution is 2.27. The summed E-state index contributed by atoms with van der Waals surface area (Å²) in [6.45, 7) is 4.32. The van der Waals surface area contributed by atoms with Crippen molar-refractivity contribution >= 4 is 0 Å². The minimum Gasteiger partial charge on any atom is -0.271 e. The predicted molar refractivity (Wildman–Crippen MR) is 74.3 cm³/mol. The molecule has 0 aliphatic rings. The zero-order valence-corrected chi connectivity index (χ0v) is 11.8. The van der Waals surface area contributed by atoms with Crippen molar-refractivity contribution in [3.05, 3.63) is 35.4 Å². The van der Waals surface area contributed by atoms with Crippen LogP contribution in [0.3, 0.4) is 0 Å². The van der Waals surface area contributed by atoms with E-state index in [1.807, 2.05) is 0 Å². The normalized spacial score (nSPS) is 14.4. The molecular weight excluding hydrogens is 246 g/mol. The quantitative estimate of drug-likeness (QED) is 0.552. The van der Waals surface area contributed by atoms with Gasteiger partial charge < -0.3 is 0 Å². The number of hydrogen-bond donors (Lipinski definition) is 2. The summed E-state index contributed by atoms with van der Waals surface area (Å²) in [7, 11) is 0. The summed E-state index contributed by atoms with van der Waals surface area (Å²) in [6.07, 6.45) is 5.42. The van der Waals surface area contributed by atoms with Gasteiger partial charge in [0.25, 0.3) is 0 Å². The number of rotatable bonds is 8. The van der Waals surface area contributed by atoms with E-state index in [4.69, 9.17) is 5.84 Å². The Morgan fingerprint density at radius 3 is 2.47 bits per heavy atom. The van der Waals surface area contributed by atoms with Gasteiger partial charge in [-0.2, -0.15) is 0 Å². The Bertz CT molecular complexity index is 382. The van der Waals surface area contributed by atoms with Crippen LogP contribution in [0.5, 0.6) is 0 Å². The number of nitrogens with one attached hydrogen (secondary N) is 1. The molecule has 1 rings (SSSR count). The number of hydrogen-bond acceptors (Lipinski definition) is 2. The highest BCUT2D eigenvalue weighted by atomic mass is 19.2. The molecule has 0 aliphatic carbocycles. The van der Waals surface area contributed by atoms with Crippen LogP contribution < -0.4 is 11.3 Å². The zero-order chi connectivity index (χ0) is 14.3. The van der Waals surface area contributed by atoms with Gasteiger partial charge in [0.15, 0.2) is 11.6 Å². The van der Waals surface area contributed by atoms with E-state index < -0.39 is 11.6 Å². The van der Waals surface area contributed by atoms with Crippen LogP contribution >= 0.6 is 0 Å². The highest BCUT2D eigenvalue weighted by Gasteiger charge is 2.17. The standard InChI is InChI=1S/C15H24F2N2/c1-3-5-6-11(4-2)9-15(19-18)12-7-8-13(16)14(17)10-12/h7-8,10-11,15,19H,3-6,9,18H2,1-2H3. The van der Waals surface area contributed by atoms with Crippen LogP contribution in [0.4, 0.5) is 8.78 Å². The van der Waals surface area contributed by atoms with Crippen molar-refractivity contribution in [1.29, 1.82) is 0 Å². The third-order valence-corrected chi connectivity index (χ3v) is 3.66. The molecule has 19 heavy (non-hydrogen) atoms. The minimum absolute atomic E-state index is 0.128. The van der Waals surface area contributed by atoms with E-state index in [9.17, 15) is 8.78 Å². The molecule has 1 aromatic rings. The molecule has 0 amide bonds. The van der Waals surface area contributed by atoms with Crippen LogP contribution in [0.1, 0.15) is 57.6 Å². The molecule has 0 heterocycles. The van der Waals surface area contributed by atoms with Crippen LogP contribution in [0.25, 0.3) is 0 Å². The van der Waals surface area contributed by atoms with E-state index >= 15 is 0 Å². The van der Waals surface area contributed by atoms with Crippen molar-refractivity contribution in [2.45, 2.75) is 52.0 Å². The summed E-state index contributed by atoms with van der Waals surface area (Å²) in [5.41, 5.74) is 3.42. The van der Waals surface area contributed by atoms with Gasteiger partial charge in [-0.15, -0.1) is 0 Å². The molecule has 0 fully saturated rings. The molecule has 108 valence electrons. The maximum atomic E-state index is 13.3. The molecular formula is C15H24F2N2. The molecule has 0 radical (unpaired) electrons. The molecule has 2 atom stereocenters. The summed E-state index contributed by atoms with van der Waals surface area (Å²) in [5, 5.41) is 0. The van der Waals surface area contributed by atoms with E-state index in [1.165, 1.54) is 18.9 Å². The van der Waals surface area contributed by atoms with Gasteiger partial charge in [-0.1, -0.05) is 45.6 Å². The van der Waals surface area contributed by atoms with Gasteiger partial charge >= 0.3 is 0 Å². The van der Waals surface area contributed by atoms with Gasteiger partial charge in [-0.05, 0) is 30.0 Å². The SMILES string of the molecule is CCCCC(CC)CC(NN)c1ccc(F)c(F)c1. The first-order valence-corrected chi connectivity index (χ1v) is 7.03. The van der Waals surface area contributed by atoms with Crippen molar-refractivity contribution in [2.24, 2.45) is 11.8 Å². The second kappa shape index (κ2) is 8.23. The highest BCUT2D eigenvalue weighted by molar-refractivity contribution is 5.21. The van der Waals surface area contributed by atoms with E-state index in [0.29, 0.717) is 11.5 Å². The average molecular weight is 270 g/mol. The first-order chi connectivity index (χ1) is 9.12. The third kappa shape index (κ3) is 4.88. The van der Waals surface area contributed by atoms with Crippen molar-refractivity contribution in [1.82, 2.24) is 5.43 Å². The molecule has 0 spiro atoms. The van der Waals surface area contributed by atoms with E-state index in [-0.39, 0.29) is 6.04 Å². The Morgan fingerprint density at radius 2 is 1.95 bits per heavy atom. The van der Waals surface area contributed by atoms with Crippen molar-refractivity contribution in [3.8, 4) is 0 Å². The minimum atomic E-state index is -0.822. The smallest absolute Gasteiger partial charge is 0.159 e. The van der Waals surface area contributed by atoms with Gasteiger partial charge in [0.1, 0.15) is 0 Å². The molecule has 0 aliphatic heterocycles. The van der Waals surface area contributed by atoms with Gasteiger partial charge in [-0.3, -0.25) is 11.3 Å². The lowest BCUT2D eigenvalue weighted by atomic mass is 9.89. The number of nitrogens with two attached hydrogens (primary N) is 1. The van der Waals surface area contributed by atoms with Crippen molar-refractivity contribution in [2.75, 3.05) is 0 Å². The van der Waals surface area contributed by atoms with E-state index in [2.05, 4.69) is 19.3 Å². The molecule has 0 saturated heterocycles. The first kappa shape index (κ1) is 16.1. The Labute approximate surface area is 114 Å². The van der Waals surface area contributed by atoms with Crippen molar-refractivity contribution in [3.63, 3.8) is 0 Å². The number of benzene rings is 1. The lowest BCUT2D eigenvalue weighted by Gasteiger charge is -2.22. The second-order valence-corrected chi connectivity index (χ2v) is 5.05. The van der Waals surface area contributed by atoms with Gasteiger partial charge in [0.2, 0.25) is 0 Å². The van der Waals surface area contributed by atoms with Crippen LogP contribution in [0, 0.1) is 17.6 Å². The molecule has 0 saturated carbocycles. The van der Waals surface area contributed by atoms with E-state index in [0.717, 1.165) is 25.3 Å². The average Bonchev–Trinajstić information content (AvgIpc) is 2.42. The van der Waals surface area contributed by atoms with Crippen LogP contribution in [0.2, 0.25) is 0 Å². The Kier molecular flexibility index (Phi) is 6.95. The van der Waals surface area contributed by atoms with Gasteiger partial charge in [-0.25, -0.2) is 8.78 Å². The maximum Gasteiger partial charge on any atom is 0.159 e. The van der Waals surface area contributed by atoms with Crippen molar-refractivity contribution < 1.29 is 8.78 Å².